The molecule has 0 unspecified atom stereocenters. The van der Waals surface area contributed by atoms with Gasteiger partial charge in [-0.1, -0.05) is 66.7 Å². The third-order valence-corrected chi connectivity index (χ3v) is 8.47. The van der Waals surface area contributed by atoms with Crippen molar-refractivity contribution in [2.45, 2.75) is 19.4 Å². The molecule has 2 aromatic heterocycles. The number of rotatable bonds is 4. The van der Waals surface area contributed by atoms with Gasteiger partial charge in [0.2, 0.25) is 5.91 Å². The molecule has 0 bridgehead atoms. The van der Waals surface area contributed by atoms with Gasteiger partial charge in [0.05, 0.1) is 6.54 Å². The highest BCUT2D eigenvalue weighted by Crippen LogP contribution is 2.34. The molecule has 0 atom stereocenters. The first-order valence-corrected chi connectivity index (χ1v) is 14.8. The number of pyridine rings is 1. The molecule has 0 saturated carbocycles. The number of amides is 1. The second-order valence-electron chi connectivity index (χ2n) is 11.2. The first-order chi connectivity index (χ1) is 22.0. The third kappa shape index (κ3) is 4.77. The Labute approximate surface area is 258 Å². The normalized spacial score (nSPS) is 13.6. The molecule has 0 aliphatic carbocycles. The largest absolute Gasteiger partial charge is 0.384 e. The summed E-state index contributed by atoms with van der Waals surface area (Å²) in [5.41, 5.74) is 10.0. The van der Waals surface area contributed by atoms with Crippen molar-refractivity contribution in [3.63, 3.8) is 0 Å². The summed E-state index contributed by atoms with van der Waals surface area (Å²) < 4.78 is 15.5. The van der Waals surface area contributed by atoms with E-state index in [1.165, 1.54) is 33.7 Å². The highest BCUT2D eigenvalue weighted by atomic mass is 19.1. The van der Waals surface area contributed by atoms with Crippen molar-refractivity contribution in [2.24, 2.45) is 5.10 Å². The third-order valence-electron chi connectivity index (χ3n) is 8.47. The monoisotopic (exact) mass is 590 g/mol. The van der Waals surface area contributed by atoms with E-state index in [-0.39, 0.29) is 11.7 Å². The summed E-state index contributed by atoms with van der Waals surface area (Å²) in [5, 5.41) is 18.3. The molecule has 1 aliphatic heterocycles. The first kappa shape index (κ1) is 26.7. The van der Waals surface area contributed by atoms with Gasteiger partial charge in [-0.15, -0.1) is 0 Å². The number of nitrogen functional groups attached to an aromatic ring is 1. The van der Waals surface area contributed by atoms with Gasteiger partial charge in [-0.05, 0) is 79.8 Å². The van der Waals surface area contributed by atoms with E-state index in [4.69, 9.17) is 15.9 Å². The van der Waals surface area contributed by atoms with Crippen LogP contribution in [0.3, 0.4) is 0 Å². The zero-order valence-electron chi connectivity index (χ0n) is 24.2. The number of hydrogen-bond donors (Lipinski definition) is 1. The molecule has 8 heteroatoms. The lowest BCUT2D eigenvalue weighted by Crippen LogP contribution is -2.33. The van der Waals surface area contributed by atoms with Crippen molar-refractivity contribution >= 4 is 49.9 Å². The van der Waals surface area contributed by atoms with Gasteiger partial charge in [0.15, 0.2) is 5.84 Å². The molecular formula is C37H27FN6O. The Hall–Kier alpha value is -5.89. The van der Waals surface area contributed by atoms with E-state index in [1.807, 2.05) is 18.3 Å². The molecule has 0 saturated heterocycles. The average molecular weight is 591 g/mol. The summed E-state index contributed by atoms with van der Waals surface area (Å²) in [6.07, 6.45) is 4.27. The lowest BCUT2D eigenvalue weighted by atomic mass is 9.95. The summed E-state index contributed by atoms with van der Waals surface area (Å²) in [6.45, 7) is 0.332. The fourth-order valence-corrected chi connectivity index (χ4v) is 6.25. The van der Waals surface area contributed by atoms with Crippen LogP contribution in [0.5, 0.6) is 0 Å². The number of anilines is 1. The number of nitrogens with two attached hydrogens (primary N) is 1. The van der Waals surface area contributed by atoms with Crippen LogP contribution < -0.4 is 5.73 Å². The van der Waals surface area contributed by atoms with Gasteiger partial charge in [0.25, 0.3) is 0 Å². The number of nitrogens with zero attached hydrogens (tertiary/aromatic N) is 5. The number of benzene rings is 5. The maximum absolute atomic E-state index is 13.8. The van der Waals surface area contributed by atoms with Gasteiger partial charge in [-0.3, -0.25) is 4.79 Å². The Balaban J connectivity index is 1.19. The zero-order chi connectivity index (χ0) is 30.5. The number of fused-ring (bicyclic) bond motifs is 5. The summed E-state index contributed by atoms with van der Waals surface area (Å²) in [4.78, 5) is 17.3. The number of carbonyl (C=O) groups is 1. The Morgan fingerprint density at radius 1 is 0.756 bits per heavy atom. The van der Waals surface area contributed by atoms with Crippen LogP contribution in [0.25, 0.3) is 54.7 Å². The van der Waals surface area contributed by atoms with Gasteiger partial charge in [0, 0.05) is 36.4 Å². The number of hydrogen-bond acceptors (Lipinski definition) is 5. The number of hydrazone groups is 1. The predicted molar refractivity (Wildman–Crippen MR) is 177 cm³/mol. The Kier molecular flexibility index (Phi) is 6.34. The summed E-state index contributed by atoms with van der Waals surface area (Å²) in [6, 6.07) is 33.1. The van der Waals surface area contributed by atoms with E-state index in [0.29, 0.717) is 36.7 Å². The zero-order valence-corrected chi connectivity index (χ0v) is 24.2. The van der Waals surface area contributed by atoms with Crippen LogP contribution in [0.4, 0.5) is 10.2 Å². The number of halogens is 1. The van der Waals surface area contributed by atoms with Gasteiger partial charge in [0.1, 0.15) is 17.3 Å². The van der Waals surface area contributed by atoms with Crippen LogP contribution in [-0.4, -0.2) is 31.5 Å². The lowest BCUT2D eigenvalue weighted by molar-refractivity contribution is -0.132. The van der Waals surface area contributed by atoms with Gasteiger partial charge >= 0.3 is 0 Å². The van der Waals surface area contributed by atoms with Crippen LogP contribution in [0.2, 0.25) is 0 Å². The van der Waals surface area contributed by atoms with Crippen molar-refractivity contribution in [3.05, 3.63) is 127 Å². The van der Waals surface area contributed by atoms with E-state index in [1.54, 1.807) is 34.1 Å². The van der Waals surface area contributed by atoms with Crippen LogP contribution in [-0.2, 0) is 11.3 Å². The van der Waals surface area contributed by atoms with Crippen molar-refractivity contribution in [3.8, 4) is 22.4 Å². The minimum Gasteiger partial charge on any atom is -0.384 e. The minimum absolute atomic E-state index is 0.0458. The van der Waals surface area contributed by atoms with E-state index in [2.05, 4.69) is 65.6 Å². The Morgan fingerprint density at radius 3 is 2.38 bits per heavy atom. The molecule has 7 nitrogen and oxygen atoms in total. The number of aromatic nitrogens is 3. The highest BCUT2D eigenvalue weighted by Gasteiger charge is 2.25. The molecule has 3 heterocycles. The van der Waals surface area contributed by atoms with Crippen molar-refractivity contribution in [2.75, 3.05) is 5.73 Å². The minimum atomic E-state index is -0.325. The molecule has 45 heavy (non-hydrogen) atoms. The molecule has 5 aromatic carbocycles. The van der Waals surface area contributed by atoms with Crippen molar-refractivity contribution < 1.29 is 9.18 Å². The Bertz CT molecular complexity index is 2310. The van der Waals surface area contributed by atoms with Crippen molar-refractivity contribution in [1.29, 1.82) is 0 Å². The second kappa shape index (κ2) is 10.7. The summed E-state index contributed by atoms with van der Waals surface area (Å²) in [7, 11) is 0. The number of carbonyl (C=O) groups excluding carboxylic acids is 1. The molecule has 218 valence electrons. The summed E-state index contributed by atoms with van der Waals surface area (Å²) >= 11 is 0. The van der Waals surface area contributed by atoms with E-state index in [9.17, 15) is 9.18 Å². The molecule has 0 spiro atoms. The quantitative estimate of drug-likeness (QED) is 0.212. The first-order valence-electron chi connectivity index (χ1n) is 14.8. The van der Waals surface area contributed by atoms with E-state index in [0.717, 1.165) is 33.0 Å². The fourth-order valence-electron chi connectivity index (χ4n) is 6.25. The van der Waals surface area contributed by atoms with Crippen LogP contribution in [0.15, 0.2) is 121 Å². The second-order valence-corrected chi connectivity index (χ2v) is 11.2. The van der Waals surface area contributed by atoms with E-state index >= 15 is 0 Å². The predicted octanol–water partition coefficient (Wildman–Crippen LogP) is 7.78. The van der Waals surface area contributed by atoms with Crippen molar-refractivity contribution in [1.82, 2.24) is 19.8 Å². The van der Waals surface area contributed by atoms with E-state index < -0.39 is 0 Å². The fraction of sp³-hybridized carbons (Fsp3) is 0.0811. The highest BCUT2D eigenvalue weighted by molar-refractivity contribution is 6.17. The van der Waals surface area contributed by atoms with Crippen LogP contribution in [0, 0.1) is 5.82 Å². The molecule has 0 fully saturated rings. The molecule has 1 aliphatic rings. The van der Waals surface area contributed by atoms with Crippen LogP contribution in [0.1, 0.15) is 18.4 Å². The molecule has 8 rings (SSSR count). The lowest BCUT2D eigenvalue weighted by Gasteiger charge is -2.24. The maximum Gasteiger partial charge on any atom is 0.243 e. The summed E-state index contributed by atoms with van der Waals surface area (Å²) in [5.74, 6) is 0.653. The molecule has 0 radical (unpaired) electrons. The molecule has 1 amide bonds. The van der Waals surface area contributed by atoms with Gasteiger partial charge in [-0.25, -0.2) is 19.1 Å². The SMILES string of the molecule is Nc1cc(-c2cn(C3=NN(Cc4cccc5c4ccc4c6ccccc6ccc54)C(=O)CC3)nc2-c2ccc(F)cc2)ccn1. The smallest absolute Gasteiger partial charge is 0.243 e. The molecular weight excluding hydrogens is 563 g/mol. The molecule has 2 N–H and O–H groups in total. The Morgan fingerprint density at radius 2 is 1.51 bits per heavy atom. The van der Waals surface area contributed by atoms with Crippen LogP contribution >= 0.6 is 0 Å². The van der Waals surface area contributed by atoms with Gasteiger partial charge < -0.3 is 5.73 Å². The topological polar surface area (TPSA) is 89.4 Å². The van der Waals surface area contributed by atoms with Gasteiger partial charge in [-0.2, -0.15) is 10.2 Å². The maximum atomic E-state index is 13.8. The standard InChI is InChI=1S/C37H27FN6O/c38-27-11-8-24(9-12-27)37-33(25-18-19-40-34(39)20-25)22-43(42-37)35-16-17-36(45)44(41-35)21-26-5-3-7-30-29(26)14-15-31-28-6-2-1-4-23(28)10-13-32(30)31/h1-15,18-20,22H,16-17,21H2,(H2,39,40). The average Bonchev–Trinajstić information content (AvgIpc) is 3.51. The molecule has 7 aromatic rings.